The Balaban J connectivity index is 1.50. The maximum absolute atomic E-state index is 12.7. The largest absolute Gasteiger partial charge is 0.497 e. The normalized spacial score (nSPS) is 15.5. The number of anilines is 1. The van der Waals surface area contributed by atoms with Crippen LogP contribution in [-0.2, 0) is 22.5 Å². The van der Waals surface area contributed by atoms with Gasteiger partial charge in [0.2, 0.25) is 5.91 Å². The number of nitrogens with zero attached hydrogens (tertiary/aromatic N) is 1. The van der Waals surface area contributed by atoms with E-state index in [2.05, 4.69) is 53.2 Å². The summed E-state index contributed by atoms with van der Waals surface area (Å²) >= 11 is 1.77. The Kier molecular flexibility index (Phi) is 6.35. The number of benzene rings is 2. The third-order valence-corrected chi connectivity index (χ3v) is 6.43. The molecule has 30 heavy (non-hydrogen) atoms. The summed E-state index contributed by atoms with van der Waals surface area (Å²) < 4.78 is 10.3. The molecule has 1 aliphatic rings. The molecule has 2 aromatic carbocycles. The van der Waals surface area contributed by atoms with Gasteiger partial charge in [-0.1, -0.05) is 24.3 Å². The van der Waals surface area contributed by atoms with Crippen LogP contribution in [0.2, 0.25) is 0 Å². The van der Waals surface area contributed by atoms with Gasteiger partial charge in [-0.15, -0.1) is 11.3 Å². The number of carbonyl (C=O) groups excluding carboxylic acids is 1. The van der Waals surface area contributed by atoms with Crippen molar-refractivity contribution in [1.82, 2.24) is 4.90 Å². The third-order valence-electron chi connectivity index (χ3n) is 5.44. The molecule has 1 N–H and O–H groups in total. The first-order chi connectivity index (χ1) is 14.7. The molecule has 156 valence electrons. The monoisotopic (exact) mass is 422 g/mol. The van der Waals surface area contributed by atoms with E-state index in [1.807, 2.05) is 17.0 Å². The average Bonchev–Trinajstić information content (AvgIpc) is 3.27. The molecule has 5 nitrogen and oxygen atoms in total. The van der Waals surface area contributed by atoms with Crippen molar-refractivity contribution in [3.63, 3.8) is 0 Å². The topological polar surface area (TPSA) is 50.8 Å². The summed E-state index contributed by atoms with van der Waals surface area (Å²) in [6.07, 6.45) is 0.903. The van der Waals surface area contributed by atoms with Crippen LogP contribution in [0.3, 0.4) is 0 Å². The lowest BCUT2D eigenvalue weighted by Gasteiger charge is -2.36. The lowest BCUT2D eigenvalue weighted by atomic mass is 9.93. The zero-order chi connectivity index (χ0) is 20.9. The molecule has 0 fully saturated rings. The van der Waals surface area contributed by atoms with Crippen molar-refractivity contribution < 1.29 is 14.3 Å². The second-order valence-electron chi connectivity index (χ2n) is 7.30. The number of hydrogen-bond donors (Lipinski definition) is 1. The van der Waals surface area contributed by atoms with Gasteiger partial charge in [0.1, 0.15) is 12.4 Å². The van der Waals surface area contributed by atoms with Gasteiger partial charge < -0.3 is 19.7 Å². The number of carbonyl (C=O) groups is 1. The Morgan fingerprint density at radius 2 is 1.87 bits per heavy atom. The van der Waals surface area contributed by atoms with E-state index in [0.717, 1.165) is 36.5 Å². The summed E-state index contributed by atoms with van der Waals surface area (Å²) in [4.78, 5) is 16.0. The van der Waals surface area contributed by atoms with Gasteiger partial charge in [-0.05, 0) is 58.8 Å². The molecule has 1 aliphatic heterocycles. The van der Waals surface area contributed by atoms with Gasteiger partial charge in [-0.2, -0.15) is 0 Å². The van der Waals surface area contributed by atoms with E-state index in [1.54, 1.807) is 25.6 Å². The molecule has 0 radical (unpaired) electrons. The highest BCUT2D eigenvalue weighted by Crippen LogP contribution is 2.38. The summed E-state index contributed by atoms with van der Waals surface area (Å²) in [5.74, 6) is 0.886. The minimum Gasteiger partial charge on any atom is -0.497 e. The SMILES string of the molecule is COCC(=O)N1CCc2sccc2[C@@H]1c1ccc(NCc2ccc(OC)cc2)cc1. The molecular formula is C24H26N2O3S. The van der Waals surface area contributed by atoms with E-state index >= 15 is 0 Å². The molecule has 0 bridgehead atoms. The number of thiophene rings is 1. The summed E-state index contributed by atoms with van der Waals surface area (Å²) in [5, 5.41) is 5.58. The molecular weight excluding hydrogens is 396 g/mol. The van der Waals surface area contributed by atoms with E-state index < -0.39 is 0 Å². The fraction of sp³-hybridized carbons (Fsp3) is 0.292. The second kappa shape index (κ2) is 9.32. The molecule has 1 atom stereocenters. The average molecular weight is 423 g/mol. The van der Waals surface area contributed by atoms with Gasteiger partial charge in [0.25, 0.3) is 0 Å². The molecule has 0 unspecified atom stereocenters. The number of rotatable bonds is 7. The van der Waals surface area contributed by atoms with Gasteiger partial charge >= 0.3 is 0 Å². The number of hydrogen-bond acceptors (Lipinski definition) is 5. The second-order valence-corrected chi connectivity index (χ2v) is 8.30. The fourth-order valence-electron chi connectivity index (χ4n) is 3.88. The predicted octanol–water partition coefficient (Wildman–Crippen LogP) is 4.49. The van der Waals surface area contributed by atoms with Crippen LogP contribution in [0.15, 0.2) is 60.0 Å². The van der Waals surface area contributed by atoms with Crippen LogP contribution >= 0.6 is 11.3 Å². The van der Waals surface area contributed by atoms with Crippen LogP contribution in [0.25, 0.3) is 0 Å². The molecule has 0 aliphatic carbocycles. The Morgan fingerprint density at radius 1 is 1.10 bits per heavy atom. The molecule has 4 rings (SSSR count). The maximum Gasteiger partial charge on any atom is 0.249 e. The van der Waals surface area contributed by atoms with Crippen molar-refractivity contribution in [3.05, 3.63) is 81.5 Å². The van der Waals surface area contributed by atoms with Crippen LogP contribution in [0, 0.1) is 0 Å². The van der Waals surface area contributed by atoms with Gasteiger partial charge in [0.05, 0.1) is 13.2 Å². The van der Waals surface area contributed by atoms with Gasteiger partial charge in [0, 0.05) is 30.8 Å². The Morgan fingerprint density at radius 3 is 2.57 bits per heavy atom. The first kappa shape index (κ1) is 20.4. The zero-order valence-corrected chi connectivity index (χ0v) is 18.1. The Bertz CT molecular complexity index is 982. The molecule has 0 saturated carbocycles. The van der Waals surface area contributed by atoms with Gasteiger partial charge in [-0.25, -0.2) is 0 Å². The van der Waals surface area contributed by atoms with E-state index in [-0.39, 0.29) is 18.6 Å². The minimum atomic E-state index is -0.0571. The van der Waals surface area contributed by atoms with Crippen molar-refractivity contribution in [2.45, 2.75) is 19.0 Å². The standard InChI is InChI=1S/C24H26N2O3S/c1-28-16-23(27)26-13-11-22-21(12-14-30-22)24(26)18-5-7-19(8-6-18)25-15-17-3-9-20(29-2)10-4-17/h3-10,12,14,24-25H,11,13,15-16H2,1-2H3/t24-/m0/s1. The van der Waals surface area contributed by atoms with Crippen molar-refractivity contribution in [3.8, 4) is 5.75 Å². The number of nitrogens with one attached hydrogen (secondary N) is 1. The Hall–Kier alpha value is -2.83. The number of methoxy groups -OCH3 is 2. The third kappa shape index (κ3) is 4.35. The quantitative estimate of drug-likeness (QED) is 0.610. The fourth-order valence-corrected chi connectivity index (χ4v) is 4.79. The molecule has 0 saturated heterocycles. The molecule has 2 heterocycles. The number of fused-ring (bicyclic) bond motifs is 1. The van der Waals surface area contributed by atoms with Crippen molar-refractivity contribution in [2.75, 3.05) is 32.7 Å². The first-order valence-corrected chi connectivity index (χ1v) is 10.9. The van der Waals surface area contributed by atoms with E-state index in [1.165, 1.54) is 16.0 Å². The van der Waals surface area contributed by atoms with Gasteiger partial charge in [-0.3, -0.25) is 4.79 Å². The molecule has 1 amide bonds. The maximum atomic E-state index is 12.7. The molecule has 3 aromatic rings. The summed E-state index contributed by atoms with van der Waals surface area (Å²) in [7, 11) is 3.24. The summed E-state index contributed by atoms with van der Waals surface area (Å²) in [6.45, 7) is 1.56. The number of ether oxygens (including phenoxy) is 2. The van der Waals surface area contributed by atoms with Crippen molar-refractivity contribution >= 4 is 22.9 Å². The highest BCUT2D eigenvalue weighted by molar-refractivity contribution is 7.10. The predicted molar refractivity (Wildman–Crippen MR) is 120 cm³/mol. The van der Waals surface area contributed by atoms with Gasteiger partial charge in [0.15, 0.2) is 0 Å². The molecule has 0 spiro atoms. The van der Waals surface area contributed by atoms with Crippen molar-refractivity contribution in [2.24, 2.45) is 0 Å². The summed E-state index contributed by atoms with van der Waals surface area (Å²) in [5.41, 5.74) is 4.58. The lowest BCUT2D eigenvalue weighted by molar-refractivity contribution is -0.137. The highest BCUT2D eigenvalue weighted by atomic mass is 32.1. The Labute approximate surface area is 181 Å². The minimum absolute atomic E-state index is 0.0288. The van der Waals surface area contributed by atoms with E-state index in [0.29, 0.717) is 0 Å². The highest BCUT2D eigenvalue weighted by Gasteiger charge is 2.32. The lowest BCUT2D eigenvalue weighted by Crippen LogP contribution is -2.41. The first-order valence-electron chi connectivity index (χ1n) is 10.0. The number of amides is 1. The molecule has 1 aromatic heterocycles. The smallest absolute Gasteiger partial charge is 0.249 e. The molecule has 6 heteroatoms. The van der Waals surface area contributed by atoms with Crippen LogP contribution < -0.4 is 10.1 Å². The van der Waals surface area contributed by atoms with Crippen LogP contribution in [-0.4, -0.2) is 38.2 Å². The van der Waals surface area contributed by atoms with Crippen LogP contribution in [0.1, 0.15) is 27.6 Å². The van der Waals surface area contributed by atoms with Crippen molar-refractivity contribution in [1.29, 1.82) is 0 Å². The van der Waals surface area contributed by atoms with Crippen LogP contribution in [0.5, 0.6) is 5.75 Å². The summed E-state index contributed by atoms with van der Waals surface area (Å²) in [6, 6.07) is 18.5. The van der Waals surface area contributed by atoms with E-state index in [4.69, 9.17) is 9.47 Å². The van der Waals surface area contributed by atoms with Crippen LogP contribution in [0.4, 0.5) is 5.69 Å². The van der Waals surface area contributed by atoms with E-state index in [9.17, 15) is 4.79 Å². The zero-order valence-electron chi connectivity index (χ0n) is 17.3.